The Labute approximate surface area is 112 Å². The molecule has 0 atom stereocenters. The summed E-state index contributed by atoms with van der Waals surface area (Å²) in [4.78, 5) is 18.7. The zero-order chi connectivity index (χ0) is 13.1. The highest BCUT2D eigenvalue weighted by Crippen LogP contribution is 2.23. The van der Waals surface area contributed by atoms with Crippen LogP contribution in [0.1, 0.15) is 48.1 Å². The van der Waals surface area contributed by atoms with Gasteiger partial charge in [0.15, 0.2) is 0 Å². The van der Waals surface area contributed by atoms with Gasteiger partial charge in [0.25, 0.3) is 5.91 Å². The molecule has 4 nitrogen and oxygen atoms in total. The second kappa shape index (κ2) is 5.80. The Morgan fingerprint density at radius 2 is 2.17 bits per heavy atom. The number of hydrogen-bond donors (Lipinski definition) is 1. The monoisotopic (exact) mass is 267 g/mol. The van der Waals surface area contributed by atoms with Gasteiger partial charge >= 0.3 is 0 Å². The van der Waals surface area contributed by atoms with Crippen molar-refractivity contribution in [1.82, 2.24) is 9.88 Å². The maximum absolute atomic E-state index is 12.4. The summed E-state index contributed by atoms with van der Waals surface area (Å²) in [5.74, 6) is 0.0716. The van der Waals surface area contributed by atoms with Crippen LogP contribution in [0.25, 0.3) is 0 Å². The van der Waals surface area contributed by atoms with Crippen molar-refractivity contribution in [3.63, 3.8) is 0 Å². The third kappa shape index (κ3) is 2.90. The fourth-order valence-electron chi connectivity index (χ4n) is 2.59. The van der Waals surface area contributed by atoms with Crippen molar-refractivity contribution in [2.24, 2.45) is 5.73 Å². The molecule has 1 aliphatic rings. The van der Waals surface area contributed by atoms with Crippen molar-refractivity contribution < 1.29 is 4.79 Å². The Bertz CT molecular complexity index is 410. The van der Waals surface area contributed by atoms with E-state index in [-0.39, 0.29) is 5.91 Å². The standard InChI is InChI=1S/C13H21N3OS/c1-3-16(11-6-4-10(14)5-7-11)13(17)12-8-18-9(2)15-12/h8,10-11H,3-7,14H2,1-2H3. The number of nitrogens with zero attached hydrogens (tertiary/aromatic N) is 2. The van der Waals surface area contributed by atoms with Crippen LogP contribution in [0.2, 0.25) is 0 Å². The van der Waals surface area contributed by atoms with Crippen LogP contribution in [-0.2, 0) is 0 Å². The molecule has 1 heterocycles. The summed E-state index contributed by atoms with van der Waals surface area (Å²) in [6, 6.07) is 0.654. The maximum Gasteiger partial charge on any atom is 0.273 e. The lowest BCUT2D eigenvalue weighted by molar-refractivity contribution is 0.0635. The Balaban J connectivity index is 2.06. The zero-order valence-corrected chi connectivity index (χ0v) is 11.9. The molecule has 100 valence electrons. The molecule has 1 amide bonds. The number of aryl methyl sites for hydroxylation is 1. The summed E-state index contributed by atoms with van der Waals surface area (Å²) in [5, 5.41) is 2.80. The highest BCUT2D eigenvalue weighted by molar-refractivity contribution is 7.09. The van der Waals surface area contributed by atoms with Crippen molar-refractivity contribution in [2.45, 2.75) is 51.6 Å². The summed E-state index contributed by atoms with van der Waals surface area (Å²) < 4.78 is 0. The van der Waals surface area contributed by atoms with Gasteiger partial charge in [0.1, 0.15) is 5.69 Å². The lowest BCUT2D eigenvalue weighted by Gasteiger charge is -2.35. The molecule has 2 rings (SSSR count). The van der Waals surface area contributed by atoms with E-state index in [0.29, 0.717) is 17.8 Å². The van der Waals surface area contributed by atoms with Gasteiger partial charge in [0.2, 0.25) is 0 Å². The number of rotatable bonds is 3. The van der Waals surface area contributed by atoms with Crippen molar-refractivity contribution in [2.75, 3.05) is 6.54 Å². The summed E-state index contributed by atoms with van der Waals surface area (Å²) in [7, 11) is 0. The third-order valence-electron chi connectivity index (χ3n) is 3.62. The first kappa shape index (κ1) is 13.5. The highest BCUT2D eigenvalue weighted by atomic mass is 32.1. The average Bonchev–Trinajstić information content (AvgIpc) is 2.79. The largest absolute Gasteiger partial charge is 0.335 e. The molecule has 0 saturated heterocycles. The quantitative estimate of drug-likeness (QED) is 0.913. The van der Waals surface area contributed by atoms with E-state index in [1.54, 1.807) is 0 Å². The van der Waals surface area contributed by atoms with Crippen LogP contribution in [0.5, 0.6) is 0 Å². The van der Waals surface area contributed by atoms with Gasteiger partial charge in [-0.15, -0.1) is 11.3 Å². The Kier molecular flexibility index (Phi) is 4.35. The maximum atomic E-state index is 12.4. The molecule has 1 aromatic heterocycles. The van der Waals surface area contributed by atoms with Gasteiger partial charge in [-0.2, -0.15) is 0 Å². The second-order valence-electron chi connectivity index (χ2n) is 4.91. The molecule has 0 spiro atoms. The van der Waals surface area contributed by atoms with Gasteiger partial charge in [0.05, 0.1) is 5.01 Å². The zero-order valence-electron chi connectivity index (χ0n) is 11.1. The molecule has 18 heavy (non-hydrogen) atoms. The summed E-state index contributed by atoms with van der Waals surface area (Å²) in [5.41, 5.74) is 6.51. The van der Waals surface area contributed by atoms with Crippen LogP contribution in [-0.4, -0.2) is 34.4 Å². The van der Waals surface area contributed by atoms with Crippen LogP contribution >= 0.6 is 11.3 Å². The number of aromatic nitrogens is 1. The normalized spacial score (nSPS) is 23.9. The molecule has 1 aliphatic carbocycles. The van der Waals surface area contributed by atoms with Gasteiger partial charge in [-0.1, -0.05) is 0 Å². The number of hydrogen-bond acceptors (Lipinski definition) is 4. The van der Waals surface area contributed by atoms with E-state index in [1.807, 2.05) is 24.1 Å². The Morgan fingerprint density at radius 3 is 2.67 bits per heavy atom. The van der Waals surface area contributed by atoms with E-state index >= 15 is 0 Å². The molecule has 0 aromatic carbocycles. The van der Waals surface area contributed by atoms with Crippen LogP contribution in [0.15, 0.2) is 5.38 Å². The minimum Gasteiger partial charge on any atom is -0.335 e. The van der Waals surface area contributed by atoms with Crippen molar-refractivity contribution >= 4 is 17.2 Å². The van der Waals surface area contributed by atoms with E-state index in [2.05, 4.69) is 4.98 Å². The van der Waals surface area contributed by atoms with Crippen molar-refractivity contribution in [3.05, 3.63) is 16.1 Å². The van der Waals surface area contributed by atoms with E-state index in [1.165, 1.54) is 11.3 Å². The summed E-state index contributed by atoms with van der Waals surface area (Å²) in [6.07, 6.45) is 4.07. The minimum atomic E-state index is 0.0716. The van der Waals surface area contributed by atoms with Gasteiger partial charge in [0, 0.05) is 24.0 Å². The van der Waals surface area contributed by atoms with Crippen molar-refractivity contribution in [1.29, 1.82) is 0 Å². The molecule has 0 radical (unpaired) electrons. The van der Waals surface area contributed by atoms with Crippen LogP contribution < -0.4 is 5.73 Å². The molecule has 0 bridgehead atoms. The average molecular weight is 267 g/mol. The lowest BCUT2D eigenvalue weighted by Crippen LogP contribution is -2.44. The van der Waals surface area contributed by atoms with E-state index in [9.17, 15) is 4.79 Å². The minimum absolute atomic E-state index is 0.0716. The van der Waals surface area contributed by atoms with Crippen LogP contribution in [0.3, 0.4) is 0 Å². The molecular formula is C13H21N3OS. The number of carbonyl (C=O) groups excluding carboxylic acids is 1. The van der Waals surface area contributed by atoms with Gasteiger partial charge < -0.3 is 10.6 Å². The second-order valence-corrected chi connectivity index (χ2v) is 5.97. The van der Waals surface area contributed by atoms with Crippen LogP contribution in [0.4, 0.5) is 0 Å². The smallest absolute Gasteiger partial charge is 0.273 e. The highest BCUT2D eigenvalue weighted by Gasteiger charge is 2.28. The number of nitrogens with two attached hydrogens (primary N) is 1. The number of amides is 1. The van der Waals surface area contributed by atoms with Gasteiger partial charge in [-0.25, -0.2) is 4.98 Å². The summed E-state index contributed by atoms with van der Waals surface area (Å²) in [6.45, 7) is 4.71. The van der Waals surface area contributed by atoms with E-state index < -0.39 is 0 Å². The first-order valence-corrected chi connectivity index (χ1v) is 7.48. The topological polar surface area (TPSA) is 59.2 Å². The molecule has 0 unspecified atom stereocenters. The molecule has 5 heteroatoms. The van der Waals surface area contributed by atoms with E-state index in [0.717, 1.165) is 37.2 Å². The van der Waals surface area contributed by atoms with E-state index in [4.69, 9.17) is 5.73 Å². The van der Waals surface area contributed by atoms with Gasteiger partial charge in [-0.3, -0.25) is 4.79 Å². The summed E-state index contributed by atoms with van der Waals surface area (Å²) >= 11 is 1.53. The molecule has 2 N–H and O–H groups in total. The van der Waals surface area contributed by atoms with Crippen molar-refractivity contribution in [3.8, 4) is 0 Å². The lowest BCUT2D eigenvalue weighted by atomic mass is 9.90. The third-order valence-corrected chi connectivity index (χ3v) is 4.40. The molecule has 1 aromatic rings. The first-order chi connectivity index (χ1) is 8.61. The predicted octanol–water partition coefficient (Wildman–Crippen LogP) is 2.18. The predicted molar refractivity (Wildman–Crippen MR) is 73.8 cm³/mol. The Hall–Kier alpha value is -0.940. The molecular weight excluding hydrogens is 246 g/mol. The first-order valence-electron chi connectivity index (χ1n) is 6.60. The molecule has 0 aliphatic heterocycles. The SMILES string of the molecule is CCN(C(=O)c1csc(C)n1)C1CCC(N)CC1. The molecule has 1 saturated carbocycles. The number of thiazole rings is 1. The fourth-order valence-corrected chi connectivity index (χ4v) is 3.18. The molecule has 1 fully saturated rings. The Morgan fingerprint density at radius 1 is 1.50 bits per heavy atom. The number of carbonyl (C=O) groups is 1. The van der Waals surface area contributed by atoms with Crippen LogP contribution in [0, 0.1) is 6.92 Å². The fraction of sp³-hybridized carbons (Fsp3) is 0.692. The van der Waals surface area contributed by atoms with Gasteiger partial charge in [-0.05, 0) is 39.5 Å².